The zero-order valence-corrected chi connectivity index (χ0v) is 8.26. The smallest absolute Gasteiger partial charge is 0.0704 e. The third-order valence-electron chi connectivity index (χ3n) is 1.40. The van der Waals surface area contributed by atoms with Crippen LogP contribution in [-0.4, -0.2) is 6.54 Å². The van der Waals surface area contributed by atoms with Crippen LogP contribution in [0.2, 0.25) is 0 Å². The summed E-state index contributed by atoms with van der Waals surface area (Å²) in [5, 5.41) is 0. The molecule has 3 heteroatoms. The molecule has 0 bridgehead atoms. The van der Waals surface area contributed by atoms with Gasteiger partial charge in [0, 0.05) is 4.88 Å². The van der Waals surface area contributed by atoms with Gasteiger partial charge in [-0.1, -0.05) is 0 Å². The van der Waals surface area contributed by atoms with E-state index in [1.54, 1.807) is 11.3 Å². The molecule has 0 aromatic carbocycles. The molecule has 0 aliphatic heterocycles. The number of rotatable bonds is 2. The Bertz CT molecular complexity index is 219. The summed E-state index contributed by atoms with van der Waals surface area (Å²) in [7, 11) is 0. The molecule has 0 spiro atoms. The van der Waals surface area contributed by atoms with Crippen molar-refractivity contribution in [1.29, 1.82) is 0 Å². The molecule has 1 aromatic heterocycles. The molecule has 56 valence electrons. The fourth-order valence-corrected chi connectivity index (χ4v) is 2.67. The summed E-state index contributed by atoms with van der Waals surface area (Å²) in [6.45, 7) is 2.87. The normalized spacial score (nSPS) is 10.3. The summed E-state index contributed by atoms with van der Waals surface area (Å²) in [6, 6.07) is 2.15. The fraction of sp³-hybridized carbons (Fsp3) is 0.429. The minimum atomic E-state index is 0.740. The van der Waals surface area contributed by atoms with Gasteiger partial charge in [-0.05, 0) is 47.4 Å². The Morgan fingerprint density at radius 2 is 2.40 bits per heavy atom. The van der Waals surface area contributed by atoms with Crippen LogP contribution in [0.5, 0.6) is 0 Å². The first kappa shape index (κ1) is 8.24. The Labute approximate surface area is 73.4 Å². The first-order valence-electron chi connectivity index (χ1n) is 3.19. The third kappa shape index (κ3) is 1.81. The lowest BCUT2D eigenvalue weighted by molar-refractivity contribution is 0.966. The Balaban J connectivity index is 2.81. The van der Waals surface area contributed by atoms with Gasteiger partial charge in [-0.2, -0.15) is 0 Å². The Morgan fingerprint density at radius 1 is 1.70 bits per heavy atom. The summed E-state index contributed by atoms with van der Waals surface area (Å²) in [4.78, 5) is 1.37. The zero-order valence-electron chi connectivity index (χ0n) is 5.86. The molecular formula is C7H10BrNS. The van der Waals surface area contributed by atoms with E-state index in [1.165, 1.54) is 14.2 Å². The Kier molecular flexibility index (Phi) is 2.89. The van der Waals surface area contributed by atoms with Gasteiger partial charge < -0.3 is 5.73 Å². The van der Waals surface area contributed by atoms with Crippen molar-refractivity contribution in [2.45, 2.75) is 13.3 Å². The molecule has 0 saturated carbocycles. The molecular weight excluding hydrogens is 210 g/mol. The molecule has 1 nitrogen and oxygen atoms in total. The molecule has 0 aliphatic rings. The maximum Gasteiger partial charge on any atom is 0.0704 e. The van der Waals surface area contributed by atoms with Crippen molar-refractivity contribution in [2.75, 3.05) is 6.54 Å². The highest BCUT2D eigenvalue weighted by molar-refractivity contribution is 9.11. The molecule has 1 aromatic rings. The zero-order chi connectivity index (χ0) is 7.56. The van der Waals surface area contributed by atoms with Crippen LogP contribution >= 0.6 is 27.3 Å². The fourth-order valence-electron chi connectivity index (χ4n) is 0.884. The van der Waals surface area contributed by atoms with Gasteiger partial charge in [0.25, 0.3) is 0 Å². The van der Waals surface area contributed by atoms with Crippen molar-refractivity contribution >= 4 is 27.3 Å². The predicted octanol–water partition coefficient (Wildman–Crippen LogP) is 2.32. The van der Waals surface area contributed by atoms with E-state index in [1.807, 2.05) is 0 Å². The summed E-state index contributed by atoms with van der Waals surface area (Å²) in [6.07, 6.45) is 0.994. The minimum Gasteiger partial charge on any atom is -0.330 e. The molecule has 0 fully saturated rings. The molecule has 1 heterocycles. The summed E-state index contributed by atoms with van der Waals surface area (Å²) in [5.41, 5.74) is 6.80. The lowest BCUT2D eigenvalue weighted by atomic mass is 10.2. The molecule has 0 aliphatic carbocycles. The van der Waals surface area contributed by atoms with Crippen molar-refractivity contribution in [2.24, 2.45) is 5.73 Å². The van der Waals surface area contributed by atoms with Gasteiger partial charge in [0.1, 0.15) is 0 Å². The topological polar surface area (TPSA) is 26.0 Å². The van der Waals surface area contributed by atoms with Crippen molar-refractivity contribution in [3.63, 3.8) is 0 Å². The van der Waals surface area contributed by atoms with Gasteiger partial charge in [-0.3, -0.25) is 0 Å². The first-order valence-corrected chi connectivity index (χ1v) is 4.80. The lowest BCUT2D eigenvalue weighted by Gasteiger charge is -1.92. The number of hydrogen-bond acceptors (Lipinski definition) is 2. The molecule has 2 N–H and O–H groups in total. The maximum absolute atomic E-state index is 5.43. The second kappa shape index (κ2) is 3.51. The summed E-state index contributed by atoms with van der Waals surface area (Å²) < 4.78 is 1.20. The number of hydrogen-bond donors (Lipinski definition) is 1. The number of halogens is 1. The van der Waals surface area contributed by atoms with E-state index in [4.69, 9.17) is 5.73 Å². The highest BCUT2D eigenvalue weighted by atomic mass is 79.9. The van der Waals surface area contributed by atoms with Gasteiger partial charge in [0.15, 0.2) is 0 Å². The summed E-state index contributed by atoms with van der Waals surface area (Å²) >= 11 is 5.20. The van der Waals surface area contributed by atoms with E-state index < -0.39 is 0 Å². The highest BCUT2D eigenvalue weighted by Gasteiger charge is 2.00. The van der Waals surface area contributed by atoms with Crippen LogP contribution in [0.4, 0.5) is 0 Å². The maximum atomic E-state index is 5.43. The van der Waals surface area contributed by atoms with Crippen LogP contribution in [0.15, 0.2) is 9.85 Å². The quantitative estimate of drug-likeness (QED) is 0.813. The Morgan fingerprint density at radius 3 is 2.80 bits per heavy atom. The van der Waals surface area contributed by atoms with Crippen LogP contribution < -0.4 is 5.73 Å². The van der Waals surface area contributed by atoms with E-state index in [-0.39, 0.29) is 0 Å². The Hall–Kier alpha value is 0.140. The molecule has 0 unspecified atom stereocenters. The number of thiophene rings is 1. The lowest BCUT2D eigenvalue weighted by Crippen LogP contribution is -2.02. The van der Waals surface area contributed by atoms with Crippen molar-refractivity contribution in [1.82, 2.24) is 0 Å². The molecule has 1 rings (SSSR count). The van der Waals surface area contributed by atoms with E-state index >= 15 is 0 Å². The number of nitrogens with two attached hydrogens (primary N) is 1. The van der Waals surface area contributed by atoms with Crippen LogP contribution in [0.1, 0.15) is 10.4 Å². The molecule has 0 atom stereocenters. The van der Waals surface area contributed by atoms with Crippen LogP contribution in [-0.2, 0) is 6.42 Å². The van der Waals surface area contributed by atoms with E-state index in [2.05, 4.69) is 28.9 Å². The SMILES string of the molecule is Cc1sc(Br)cc1CCN. The van der Waals surface area contributed by atoms with E-state index in [0.29, 0.717) is 0 Å². The van der Waals surface area contributed by atoms with E-state index in [9.17, 15) is 0 Å². The largest absolute Gasteiger partial charge is 0.330 e. The average molecular weight is 220 g/mol. The van der Waals surface area contributed by atoms with Gasteiger partial charge in [-0.15, -0.1) is 11.3 Å². The second-order valence-corrected chi connectivity index (χ2v) is 4.81. The molecule has 0 saturated heterocycles. The van der Waals surface area contributed by atoms with Crippen LogP contribution in [0, 0.1) is 6.92 Å². The minimum absolute atomic E-state index is 0.740. The van der Waals surface area contributed by atoms with Gasteiger partial charge >= 0.3 is 0 Å². The summed E-state index contributed by atoms with van der Waals surface area (Å²) in [5.74, 6) is 0. The highest BCUT2D eigenvalue weighted by Crippen LogP contribution is 2.26. The second-order valence-electron chi connectivity index (χ2n) is 2.17. The van der Waals surface area contributed by atoms with Crippen LogP contribution in [0.3, 0.4) is 0 Å². The molecule has 0 radical (unpaired) electrons. The van der Waals surface area contributed by atoms with Crippen molar-refractivity contribution in [3.05, 3.63) is 20.3 Å². The van der Waals surface area contributed by atoms with Gasteiger partial charge in [-0.25, -0.2) is 0 Å². The molecule has 10 heavy (non-hydrogen) atoms. The van der Waals surface area contributed by atoms with Crippen molar-refractivity contribution < 1.29 is 0 Å². The van der Waals surface area contributed by atoms with Crippen molar-refractivity contribution in [3.8, 4) is 0 Å². The third-order valence-corrected chi connectivity index (χ3v) is 3.00. The number of aryl methyl sites for hydroxylation is 1. The van der Waals surface area contributed by atoms with Gasteiger partial charge in [0.05, 0.1) is 3.79 Å². The average Bonchev–Trinajstić information content (AvgIpc) is 2.13. The van der Waals surface area contributed by atoms with Gasteiger partial charge in [0.2, 0.25) is 0 Å². The standard InChI is InChI=1S/C7H10BrNS/c1-5-6(2-3-9)4-7(8)10-5/h4H,2-3,9H2,1H3. The first-order chi connectivity index (χ1) is 4.74. The van der Waals surface area contributed by atoms with Crippen LogP contribution in [0.25, 0.3) is 0 Å². The van der Waals surface area contributed by atoms with E-state index in [0.717, 1.165) is 13.0 Å². The predicted molar refractivity (Wildman–Crippen MR) is 49.5 cm³/mol. The molecule has 0 amide bonds. The monoisotopic (exact) mass is 219 g/mol.